The highest BCUT2D eigenvalue weighted by atomic mass is 14.9. The minimum Gasteiger partial charge on any atom is -0.329 e. The number of rotatable bonds is 14. The van der Waals surface area contributed by atoms with Gasteiger partial charge in [-0.15, -0.1) is 0 Å². The fraction of sp³-hybridized carbons (Fsp3) is 1.00. The van der Waals surface area contributed by atoms with Gasteiger partial charge >= 0.3 is 0 Å². The third-order valence-corrected chi connectivity index (χ3v) is 2.81. The van der Waals surface area contributed by atoms with Gasteiger partial charge in [0.15, 0.2) is 0 Å². The van der Waals surface area contributed by atoms with E-state index in [0.29, 0.717) is 0 Å². The second kappa shape index (κ2) is 15.8. The van der Waals surface area contributed by atoms with Crippen molar-refractivity contribution in [2.24, 2.45) is 5.73 Å². The van der Waals surface area contributed by atoms with Crippen molar-refractivity contribution >= 4 is 0 Å². The summed E-state index contributed by atoms with van der Waals surface area (Å²) in [6.07, 6.45) is 7.80. The first kappa shape index (κ1) is 16.8. The zero-order chi connectivity index (χ0) is 12.6. The predicted molar refractivity (Wildman–Crippen MR) is 76.4 cm³/mol. The van der Waals surface area contributed by atoms with Crippen molar-refractivity contribution < 1.29 is 0 Å². The summed E-state index contributed by atoms with van der Waals surface area (Å²) in [6, 6.07) is 0. The number of hydrogen-bond acceptors (Lipinski definition) is 4. The normalized spacial score (nSPS) is 10.9. The SMILES string of the molecule is CNCCCCCNCCCCCNCCN. The fourth-order valence-electron chi connectivity index (χ4n) is 1.76. The highest BCUT2D eigenvalue weighted by molar-refractivity contribution is 4.53. The van der Waals surface area contributed by atoms with Crippen LogP contribution in [0.4, 0.5) is 0 Å². The van der Waals surface area contributed by atoms with Crippen LogP contribution in [0.2, 0.25) is 0 Å². The third kappa shape index (κ3) is 15.8. The molecule has 0 bridgehead atoms. The van der Waals surface area contributed by atoms with Crippen LogP contribution in [0.1, 0.15) is 38.5 Å². The molecule has 0 aliphatic carbocycles. The molecule has 0 saturated carbocycles. The third-order valence-electron chi connectivity index (χ3n) is 2.81. The number of nitrogens with one attached hydrogen (secondary N) is 3. The Labute approximate surface area is 107 Å². The molecule has 0 aliphatic rings. The first-order valence-corrected chi connectivity index (χ1v) is 7.18. The summed E-state index contributed by atoms with van der Waals surface area (Å²) in [5, 5.41) is 9.99. The average Bonchev–Trinajstić information content (AvgIpc) is 2.35. The van der Waals surface area contributed by atoms with Gasteiger partial charge in [-0.05, 0) is 58.9 Å². The molecule has 0 heterocycles. The molecule has 0 unspecified atom stereocenters. The topological polar surface area (TPSA) is 62.1 Å². The maximum atomic E-state index is 5.39. The lowest BCUT2D eigenvalue weighted by atomic mass is 10.2. The van der Waals surface area contributed by atoms with E-state index in [2.05, 4.69) is 16.0 Å². The molecule has 5 N–H and O–H groups in total. The summed E-state index contributed by atoms with van der Waals surface area (Å²) in [5.41, 5.74) is 5.39. The van der Waals surface area contributed by atoms with E-state index in [-0.39, 0.29) is 0 Å². The second-order valence-electron chi connectivity index (χ2n) is 4.51. The summed E-state index contributed by atoms with van der Waals surface area (Å²) < 4.78 is 0. The molecule has 0 saturated heterocycles. The van der Waals surface area contributed by atoms with Crippen molar-refractivity contribution in [3.05, 3.63) is 0 Å². The van der Waals surface area contributed by atoms with Gasteiger partial charge < -0.3 is 21.7 Å². The highest BCUT2D eigenvalue weighted by Gasteiger charge is 1.91. The molecule has 17 heavy (non-hydrogen) atoms. The van der Waals surface area contributed by atoms with Gasteiger partial charge in [-0.2, -0.15) is 0 Å². The van der Waals surface area contributed by atoms with Crippen LogP contribution in [0.3, 0.4) is 0 Å². The molecule has 0 aromatic heterocycles. The predicted octanol–water partition coefficient (Wildman–Crippen LogP) is 0.684. The summed E-state index contributed by atoms with van der Waals surface area (Å²) in [5.74, 6) is 0. The van der Waals surface area contributed by atoms with Crippen molar-refractivity contribution in [3.8, 4) is 0 Å². The minimum atomic E-state index is 0.745. The lowest BCUT2D eigenvalue weighted by Crippen LogP contribution is -2.23. The lowest BCUT2D eigenvalue weighted by molar-refractivity contribution is 0.552. The maximum Gasteiger partial charge on any atom is 0.00745 e. The molecule has 0 spiro atoms. The summed E-state index contributed by atoms with van der Waals surface area (Å²) in [4.78, 5) is 0. The lowest BCUT2D eigenvalue weighted by Gasteiger charge is -2.05. The number of unbranched alkanes of at least 4 members (excludes halogenated alkanes) is 4. The van der Waals surface area contributed by atoms with Gasteiger partial charge in [-0.25, -0.2) is 0 Å². The van der Waals surface area contributed by atoms with Crippen LogP contribution in [0.25, 0.3) is 0 Å². The van der Waals surface area contributed by atoms with Crippen LogP contribution in [0.5, 0.6) is 0 Å². The van der Waals surface area contributed by atoms with Crippen molar-refractivity contribution in [3.63, 3.8) is 0 Å². The van der Waals surface area contributed by atoms with Crippen LogP contribution in [-0.2, 0) is 0 Å². The minimum absolute atomic E-state index is 0.745. The largest absolute Gasteiger partial charge is 0.329 e. The Morgan fingerprint density at radius 3 is 1.59 bits per heavy atom. The van der Waals surface area contributed by atoms with Crippen molar-refractivity contribution in [1.29, 1.82) is 0 Å². The Balaban J connectivity index is 2.85. The molecule has 0 amide bonds. The standard InChI is InChI=1S/C13H32N4/c1-15-9-4-2-5-10-16-11-6-3-7-12-17-13-8-14/h15-17H,2-14H2,1H3. The zero-order valence-corrected chi connectivity index (χ0v) is 11.6. The van der Waals surface area contributed by atoms with E-state index in [1.165, 1.54) is 51.6 Å². The molecule has 0 aliphatic heterocycles. The molecule has 104 valence electrons. The molecule has 0 radical (unpaired) electrons. The highest BCUT2D eigenvalue weighted by Crippen LogP contribution is 1.94. The molecule has 0 atom stereocenters. The molecule has 0 aromatic carbocycles. The smallest absolute Gasteiger partial charge is 0.00745 e. The van der Waals surface area contributed by atoms with Gasteiger partial charge in [0.05, 0.1) is 0 Å². The first-order chi connectivity index (χ1) is 8.41. The Bertz CT molecular complexity index is 117. The zero-order valence-electron chi connectivity index (χ0n) is 11.6. The average molecular weight is 244 g/mol. The van der Waals surface area contributed by atoms with E-state index in [1.54, 1.807) is 0 Å². The molecule has 0 fully saturated rings. The van der Waals surface area contributed by atoms with Crippen LogP contribution >= 0.6 is 0 Å². The van der Waals surface area contributed by atoms with Crippen LogP contribution in [0, 0.1) is 0 Å². The first-order valence-electron chi connectivity index (χ1n) is 7.18. The van der Waals surface area contributed by atoms with Gasteiger partial charge in [-0.3, -0.25) is 0 Å². The van der Waals surface area contributed by atoms with E-state index in [1.807, 2.05) is 7.05 Å². The van der Waals surface area contributed by atoms with Gasteiger partial charge in [0, 0.05) is 13.1 Å². The Morgan fingerprint density at radius 2 is 1.12 bits per heavy atom. The Kier molecular flexibility index (Phi) is 15.7. The van der Waals surface area contributed by atoms with E-state index < -0.39 is 0 Å². The molecule has 4 heteroatoms. The van der Waals surface area contributed by atoms with E-state index in [0.717, 1.165) is 26.2 Å². The maximum absolute atomic E-state index is 5.39. The molecule has 0 rings (SSSR count). The van der Waals surface area contributed by atoms with Gasteiger partial charge in [0.25, 0.3) is 0 Å². The van der Waals surface area contributed by atoms with E-state index in [4.69, 9.17) is 5.73 Å². The molecular formula is C13H32N4. The Morgan fingerprint density at radius 1 is 0.647 bits per heavy atom. The van der Waals surface area contributed by atoms with Crippen molar-refractivity contribution in [1.82, 2.24) is 16.0 Å². The summed E-state index contributed by atoms with van der Waals surface area (Å²) in [7, 11) is 2.01. The fourth-order valence-corrected chi connectivity index (χ4v) is 1.76. The molecular weight excluding hydrogens is 212 g/mol. The van der Waals surface area contributed by atoms with Crippen LogP contribution in [-0.4, -0.2) is 46.3 Å². The van der Waals surface area contributed by atoms with Gasteiger partial charge in [0.1, 0.15) is 0 Å². The summed E-state index contributed by atoms with van der Waals surface area (Å²) in [6.45, 7) is 6.30. The Hall–Kier alpha value is -0.160. The van der Waals surface area contributed by atoms with Crippen LogP contribution in [0.15, 0.2) is 0 Å². The number of nitrogens with two attached hydrogens (primary N) is 1. The molecule has 4 nitrogen and oxygen atoms in total. The van der Waals surface area contributed by atoms with Gasteiger partial charge in [-0.1, -0.05) is 12.8 Å². The molecule has 0 aromatic rings. The van der Waals surface area contributed by atoms with E-state index in [9.17, 15) is 0 Å². The van der Waals surface area contributed by atoms with E-state index >= 15 is 0 Å². The number of hydrogen-bond donors (Lipinski definition) is 4. The quantitative estimate of drug-likeness (QED) is 0.340. The van der Waals surface area contributed by atoms with Crippen LogP contribution < -0.4 is 21.7 Å². The van der Waals surface area contributed by atoms with Gasteiger partial charge in [0.2, 0.25) is 0 Å². The van der Waals surface area contributed by atoms with Crippen molar-refractivity contribution in [2.75, 3.05) is 46.3 Å². The monoisotopic (exact) mass is 244 g/mol. The second-order valence-corrected chi connectivity index (χ2v) is 4.51. The summed E-state index contributed by atoms with van der Waals surface area (Å²) >= 11 is 0. The van der Waals surface area contributed by atoms with Crippen molar-refractivity contribution in [2.45, 2.75) is 38.5 Å².